The van der Waals surface area contributed by atoms with Crippen molar-refractivity contribution in [3.05, 3.63) is 101 Å². The Morgan fingerprint density at radius 3 is 2.23 bits per heavy atom. The zero-order chi connectivity index (χ0) is 24.6. The molecule has 0 amide bonds. The van der Waals surface area contributed by atoms with E-state index < -0.39 is 5.82 Å². The molecule has 0 bridgehead atoms. The number of halogens is 1. The molecule has 0 atom stereocenters. The topological polar surface area (TPSA) is 73.9 Å². The van der Waals surface area contributed by atoms with Crippen LogP contribution in [0.1, 0.15) is 42.4 Å². The van der Waals surface area contributed by atoms with Gasteiger partial charge in [0, 0.05) is 18.1 Å². The molecule has 0 saturated carbocycles. The normalized spacial score (nSPS) is 10.5. The Balaban J connectivity index is 1.23. The summed E-state index contributed by atoms with van der Waals surface area (Å²) in [7, 11) is 0. The Bertz CT molecular complexity index is 1450. The molecule has 0 radical (unpaired) electrons. The molecule has 0 saturated heterocycles. The monoisotopic (exact) mass is 462 g/mol. The molecule has 4 rings (SSSR count). The fourth-order valence-electron chi connectivity index (χ4n) is 4.00. The van der Waals surface area contributed by atoms with E-state index in [1.54, 1.807) is 36.4 Å². The lowest BCUT2D eigenvalue weighted by Crippen LogP contribution is -2.07. The van der Waals surface area contributed by atoms with Crippen LogP contribution in [0, 0.1) is 28.5 Å². The minimum absolute atomic E-state index is 0.181. The largest absolute Gasteiger partial charge is 0.426 e. The lowest BCUT2D eigenvalue weighted by atomic mass is 10.0. The average molecular weight is 463 g/mol. The summed E-state index contributed by atoms with van der Waals surface area (Å²) in [5, 5.41) is 20.1. The summed E-state index contributed by atoms with van der Waals surface area (Å²) < 4.78 is 19.9. The number of nitriles is 2. The van der Waals surface area contributed by atoms with Crippen LogP contribution in [0.2, 0.25) is 0 Å². The molecule has 5 heteroatoms. The summed E-state index contributed by atoms with van der Waals surface area (Å²) in [5.74, 6) is -0.686. The summed E-state index contributed by atoms with van der Waals surface area (Å²) in [5.41, 5.74) is 3.42. The number of unbranched alkanes of at least 4 members (excludes halogenated alkanes) is 2. The Morgan fingerprint density at radius 1 is 0.771 bits per heavy atom. The van der Waals surface area contributed by atoms with Crippen LogP contribution >= 0.6 is 0 Å². The van der Waals surface area contributed by atoms with Gasteiger partial charge < -0.3 is 4.74 Å². The Hall–Kier alpha value is -4.48. The molecule has 0 N–H and O–H groups in total. The summed E-state index contributed by atoms with van der Waals surface area (Å²) in [6.45, 7) is 0. The van der Waals surface area contributed by atoms with Crippen molar-refractivity contribution in [2.24, 2.45) is 0 Å². The number of fused-ring (bicyclic) bond motifs is 1. The van der Waals surface area contributed by atoms with Gasteiger partial charge >= 0.3 is 5.97 Å². The molecule has 0 aromatic heterocycles. The van der Waals surface area contributed by atoms with Crippen LogP contribution in [0.3, 0.4) is 0 Å². The van der Waals surface area contributed by atoms with Crippen LogP contribution in [-0.2, 0) is 11.2 Å². The van der Waals surface area contributed by atoms with Gasteiger partial charge in [-0.3, -0.25) is 4.79 Å². The van der Waals surface area contributed by atoms with Gasteiger partial charge in [-0.1, -0.05) is 42.8 Å². The standard InChI is InChI=1S/C30H23FN2O2/c31-29-18-27(14-15-28(29)24-10-7-22(19-32)8-11-24)35-30(34)5-3-1-2-4-21-6-12-26-17-23(20-33)9-13-25(26)16-21/h6-18H,1-5H2. The summed E-state index contributed by atoms with van der Waals surface area (Å²) in [6, 6.07) is 27.1. The number of nitrogens with zero attached hydrogens (tertiary/aromatic N) is 2. The smallest absolute Gasteiger partial charge is 0.311 e. The first-order valence-corrected chi connectivity index (χ1v) is 11.5. The first kappa shape index (κ1) is 23.7. The zero-order valence-corrected chi connectivity index (χ0v) is 19.1. The van der Waals surface area contributed by atoms with Gasteiger partial charge in [0.1, 0.15) is 11.6 Å². The van der Waals surface area contributed by atoms with Crippen LogP contribution in [0.25, 0.3) is 21.9 Å². The highest BCUT2D eigenvalue weighted by Gasteiger charge is 2.10. The molecule has 4 nitrogen and oxygen atoms in total. The van der Waals surface area contributed by atoms with E-state index in [1.807, 2.05) is 30.3 Å². The maximum Gasteiger partial charge on any atom is 0.311 e. The number of hydrogen-bond acceptors (Lipinski definition) is 4. The number of carbonyl (C=O) groups is 1. The molecular weight excluding hydrogens is 439 g/mol. The maximum absolute atomic E-state index is 14.5. The molecule has 172 valence electrons. The van der Waals surface area contributed by atoms with Gasteiger partial charge in [0.15, 0.2) is 0 Å². The van der Waals surface area contributed by atoms with E-state index in [-0.39, 0.29) is 18.1 Å². The number of carbonyl (C=O) groups excluding carboxylic acids is 1. The number of esters is 1. The Labute approximate surface area is 203 Å². The lowest BCUT2D eigenvalue weighted by molar-refractivity contribution is -0.134. The third-order valence-corrected chi connectivity index (χ3v) is 5.88. The first-order valence-electron chi connectivity index (χ1n) is 11.5. The predicted molar refractivity (Wildman–Crippen MR) is 133 cm³/mol. The van der Waals surface area contributed by atoms with Crippen molar-refractivity contribution in [3.8, 4) is 29.0 Å². The molecule has 0 aliphatic rings. The van der Waals surface area contributed by atoms with Crippen molar-refractivity contribution in [2.45, 2.75) is 32.1 Å². The Morgan fingerprint density at radius 2 is 1.49 bits per heavy atom. The summed E-state index contributed by atoms with van der Waals surface area (Å²) in [4.78, 5) is 12.2. The number of aryl methyl sites for hydroxylation is 1. The van der Waals surface area contributed by atoms with E-state index in [1.165, 1.54) is 11.6 Å². The van der Waals surface area contributed by atoms with Crippen molar-refractivity contribution in [2.75, 3.05) is 0 Å². The van der Waals surface area contributed by atoms with E-state index in [9.17, 15) is 9.18 Å². The average Bonchev–Trinajstić information content (AvgIpc) is 2.88. The third-order valence-electron chi connectivity index (χ3n) is 5.88. The highest BCUT2D eigenvalue weighted by atomic mass is 19.1. The van der Waals surface area contributed by atoms with Gasteiger partial charge in [-0.05, 0) is 77.6 Å². The Kier molecular flexibility index (Phi) is 7.50. The van der Waals surface area contributed by atoms with Crippen LogP contribution in [0.4, 0.5) is 4.39 Å². The molecule has 4 aromatic carbocycles. The van der Waals surface area contributed by atoms with Crippen molar-refractivity contribution in [3.63, 3.8) is 0 Å². The van der Waals surface area contributed by atoms with Crippen molar-refractivity contribution in [1.82, 2.24) is 0 Å². The van der Waals surface area contributed by atoms with Gasteiger partial charge in [0.05, 0.1) is 23.3 Å². The molecule has 0 fully saturated rings. The summed E-state index contributed by atoms with van der Waals surface area (Å²) in [6.07, 6.45) is 3.71. The lowest BCUT2D eigenvalue weighted by Gasteiger charge is -2.08. The molecule has 0 spiro atoms. The molecule has 0 unspecified atom stereocenters. The number of benzene rings is 4. The van der Waals surface area contributed by atoms with Crippen LogP contribution in [0.15, 0.2) is 78.9 Å². The fourth-order valence-corrected chi connectivity index (χ4v) is 4.00. The van der Waals surface area contributed by atoms with E-state index in [2.05, 4.69) is 18.2 Å². The molecule has 0 aliphatic carbocycles. The maximum atomic E-state index is 14.5. The molecule has 0 heterocycles. The fraction of sp³-hybridized carbons (Fsp3) is 0.167. The van der Waals surface area contributed by atoms with Crippen molar-refractivity contribution in [1.29, 1.82) is 10.5 Å². The van der Waals surface area contributed by atoms with Gasteiger partial charge in [0.2, 0.25) is 0 Å². The highest BCUT2D eigenvalue weighted by Crippen LogP contribution is 2.27. The number of hydrogen-bond donors (Lipinski definition) is 0. The van der Waals surface area contributed by atoms with Crippen molar-refractivity contribution >= 4 is 16.7 Å². The zero-order valence-electron chi connectivity index (χ0n) is 19.1. The second-order valence-corrected chi connectivity index (χ2v) is 8.37. The molecule has 4 aromatic rings. The molecule has 0 aliphatic heterocycles. The van der Waals surface area contributed by atoms with Crippen LogP contribution in [-0.4, -0.2) is 5.97 Å². The predicted octanol–water partition coefficient (Wildman–Crippen LogP) is 7.10. The van der Waals surface area contributed by atoms with Crippen molar-refractivity contribution < 1.29 is 13.9 Å². The third kappa shape index (κ3) is 6.10. The quantitative estimate of drug-likeness (QED) is 0.159. The number of rotatable bonds is 8. The minimum atomic E-state index is -0.487. The van der Waals surface area contributed by atoms with E-state index in [0.717, 1.165) is 30.0 Å². The van der Waals surface area contributed by atoms with Gasteiger partial charge in [-0.15, -0.1) is 0 Å². The summed E-state index contributed by atoms with van der Waals surface area (Å²) >= 11 is 0. The SMILES string of the molecule is N#Cc1ccc(-c2ccc(OC(=O)CCCCCc3ccc4cc(C#N)ccc4c3)cc2F)cc1. The van der Waals surface area contributed by atoms with E-state index >= 15 is 0 Å². The second-order valence-electron chi connectivity index (χ2n) is 8.37. The van der Waals surface area contributed by atoms with E-state index in [4.69, 9.17) is 15.3 Å². The van der Waals surface area contributed by atoms with Gasteiger partial charge in [-0.25, -0.2) is 4.39 Å². The van der Waals surface area contributed by atoms with Crippen LogP contribution in [0.5, 0.6) is 5.75 Å². The molecule has 35 heavy (non-hydrogen) atoms. The van der Waals surface area contributed by atoms with Crippen LogP contribution < -0.4 is 4.74 Å². The van der Waals surface area contributed by atoms with Gasteiger partial charge in [-0.2, -0.15) is 10.5 Å². The number of ether oxygens (including phenoxy) is 1. The van der Waals surface area contributed by atoms with E-state index in [0.29, 0.717) is 28.7 Å². The first-order chi connectivity index (χ1) is 17.1. The molecular formula is C30H23FN2O2. The highest BCUT2D eigenvalue weighted by molar-refractivity contribution is 5.84. The van der Waals surface area contributed by atoms with Gasteiger partial charge in [0.25, 0.3) is 0 Å². The minimum Gasteiger partial charge on any atom is -0.426 e. The second kappa shape index (κ2) is 11.1.